The number of hydrogen-bond donors (Lipinski definition) is 4. The second-order valence-corrected chi connectivity index (χ2v) is 9.14. The largest absolute Gasteiger partial charge is 0.506 e. The Kier molecular flexibility index (Phi) is 7.71. The summed E-state index contributed by atoms with van der Waals surface area (Å²) in [6.07, 6.45) is 1.42. The van der Waals surface area contributed by atoms with Crippen molar-refractivity contribution in [1.82, 2.24) is 15.0 Å². The summed E-state index contributed by atoms with van der Waals surface area (Å²) in [7, 11) is 0. The van der Waals surface area contributed by atoms with Gasteiger partial charge in [0.2, 0.25) is 17.8 Å². The number of aryl methyl sites for hydroxylation is 1. The Hall–Kier alpha value is -4.10. The summed E-state index contributed by atoms with van der Waals surface area (Å²) < 4.78 is 1.27. The third-order valence-electron chi connectivity index (χ3n) is 4.79. The number of hydrogen-bond acceptors (Lipinski definition) is 10. The van der Waals surface area contributed by atoms with Crippen LogP contribution >= 0.6 is 31.9 Å². The van der Waals surface area contributed by atoms with Gasteiger partial charge < -0.3 is 15.7 Å². The van der Waals surface area contributed by atoms with E-state index in [0.717, 1.165) is 15.7 Å². The van der Waals surface area contributed by atoms with E-state index in [1.165, 1.54) is 18.3 Å². The average molecular weight is 614 g/mol. The molecule has 0 aliphatic rings. The molecule has 0 atom stereocenters. The topological polar surface area (TPSA) is 150 Å². The van der Waals surface area contributed by atoms with Gasteiger partial charge in [-0.15, -0.1) is 0 Å². The molecule has 11 nitrogen and oxygen atoms in total. The van der Waals surface area contributed by atoms with Crippen molar-refractivity contribution in [2.45, 2.75) is 6.92 Å². The highest BCUT2D eigenvalue weighted by Crippen LogP contribution is 2.30. The Morgan fingerprint density at radius 3 is 2.33 bits per heavy atom. The molecule has 0 spiro atoms. The number of benzene rings is 3. The molecule has 1 heterocycles. The van der Waals surface area contributed by atoms with Crippen molar-refractivity contribution < 1.29 is 10.0 Å². The van der Waals surface area contributed by atoms with Crippen LogP contribution in [0.3, 0.4) is 0 Å². The first-order valence-electron chi connectivity index (χ1n) is 10.4. The van der Waals surface area contributed by atoms with Crippen LogP contribution in [-0.4, -0.2) is 31.2 Å². The molecule has 3 aromatic carbocycles. The van der Waals surface area contributed by atoms with Crippen molar-refractivity contribution in [3.05, 3.63) is 90.9 Å². The van der Waals surface area contributed by atoms with Gasteiger partial charge in [-0.3, -0.25) is 10.1 Å². The number of nitrogens with one attached hydrogen (secondary N) is 3. The van der Waals surface area contributed by atoms with E-state index in [0.29, 0.717) is 15.7 Å². The Labute approximate surface area is 222 Å². The number of aromatic hydroxyl groups is 1. The summed E-state index contributed by atoms with van der Waals surface area (Å²) in [5.41, 5.74) is 5.52. The molecule has 0 radical (unpaired) electrons. The van der Waals surface area contributed by atoms with Crippen molar-refractivity contribution in [2.24, 2.45) is 5.10 Å². The van der Waals surface area contributed by atoms with Gasteiger partial charge in [-0.25, -0.2) is 5.43 Å². The molecule has 182 valence electrons. The molecule has 36 heavy (non-hydrogen) atoms. The second kappa shape index (κ2) is 11.1. The number of phenolic OH excluding ortho intramolecular Hbond substituents is 1. The summed E-state index contributed by atoms with van der Waals surface area (Å²) in [6, 6.07) is 16.9. The van der Waals surface area contributed by atoms with Crippen molar-refractivity contribution >= 4 is 73.0 Å². The summed E-state index contributed by atoms with van der Waals surface area (Å²) in [5.74, 6) is 0.576. The molecule has 4 N–H and O–H groups in total. The lowest BCUT2D eigenvalue weighted by Gasteiger charge is -2.11. The number of anilines is 5. The molecule has 0 bridgehead atoms. The monoisotopic (exact) mass is 612 g/mol. The van der Waals surface area contributed by atoms with Crippen LogP contribution in [0.2, 0.25) is 0 Å². The molecule has 4 rings (SSSR count). The molecular formula is C23H18Br2N8O3. The van der Waals surface area contributed by atoms with Crippen LogP contribution in [0.1, 0.15) is 11.1 Å². The number of para-hydroxylation sites is 1. The van der Waals surface area contributed by atoms with Crippen LogP contribution in [0.25, 0.3) is 0 Å². The maximum Gasteiger partial charge on any atom is 0.269 e. The Bertz CT molecular complexity index is 1450. The van der Waals surface area contributed by atoms with E-state index in [1.54, 1.807) is 24.3 Å². The molecular weight excluding hydrogens is 596 g/mol. The first-order valence-corrected chi connectivity index (χ1v) is 11.9. The number of non-ortho nitro benzene ring substituents is 1. The number of halogens is 2. The first-order chi connectivity index (χ1) is 17.3. The summed E-state index contributed by atoms with van der Waals surface area (Å²) >= 11 is 6.66. The van der Waals surface area contributed by atoms with Crippen molar-refractivity contribution in [2.75, 3.05) is 16.1 Å². The zero-order valence-electron chi connectivity index (χ0n) is 18.6. The normalized spacial score (nSPS) is 10.9. The number of aromatic nitrogens is 3. The predicted octanol–water partition coefficient (Wildman–Crippen LogP) is 6.25. The number of nitro benzene ring substituents is 1. The van der Waals surface area contributed by atoms with Gasteiger partial charge in [-0.2, -0.15) is 20.1 Å². The minimum atomic E-state index is -0.474. The van der Waals surface area contributed by atoms with E-state index < -0.39 is 4.92 Å². The SMILES string of the molecule is Cc1ccccc1Nc1nc(N/N=C/c2cc(Br)cc(Br)c2O)nc(Nc2ccc([N+](=O)[O-])cc2)n1. The van der Waals surface area contributed by atoms with Gasteiger partial charge in [0, 0.05) is 33.5 Å². The zero-order chi connectivity index (χ0) is 25.7. The fourth-order valence-corrected chi connectivity index (χ4v) is 4.27. The van der Waals surface area contributed by atoms with E-state index in [-0.39, 0.29) is 29.3 Å². The van der Waals surface area contributed by atoms with E-state index in [2.05, 4.69) is 68.0 Å². The molecule has 0 saturated carbocycles. The van der Waals surface area contributed by atoms with Crippen molar-refractivity contribution in [1.29, 1.82) is 0 Å². The number of nitro groups is 1. The maximum atomic E-state index is 10.9. The van der Waals surface area contributed by atoms with E-state index in [4.69, 9.17) is 0 Å². The predicted molar refractivity (Wildman–Crippen MR) is 145 cm³/mol. The van der Waals surface area contributed by atoms with Crippen LogP contribution < -0.4 is 16.1 Å². The lowest BCUT2D eigenvalue weighted by molar-refractivity contribution is -0.384. The maximum absolute atomic E-state index is 10.9. The van der Waals surface area contributed by atoms with Crippen LogP contribution in [0.15, 0.2) is 74.7 Å². The van der Waals surface area contributed by atoms with Gasteiger partial charge in [-0.05, 0) is 58.7 Å². The highest BCUT2D eigenvalue weighted by atomic mass is 79.9. The molecule has 13 heteroatoms. The smallest absolute Gasteiger partial charge is 0.269 e. The highest BCUT2D eigenvalue weighted by molar-refractivity contribution is 9.11. The zero-order valence-corrected chi connectivity index (χ0v) is 21.8. The molecule has 1 aromatic heterocycles. The molecule has 4 aromatic rings. The fourth-order valence-electron chi connectivity index (χ4n) is 3.01. The first kappa shape index (κ1) is 25.0. The van der Waals surface area contributed by atoms with E-state index in [1.807, 2.05) is 31.2 Å². The van der Waals surface area contributed by atoms with Crippen LogP contribution in [0, 0.1) is 17.0 Å². The third kappa shape index (κ3) is 6.31. The summed E-state index contributed by atoms with van der Waals surface area (Å²) in [6.45, 7) is 1.95. The lowest BCUT2D eigenvalue weighted by Crippen LogP contribution is -2.07. The van der Waals surface area contributed by atoms with E-state index in [9.17, 15) is 15.2 Å². The van der Waals surface area contributed by atoms with Gasteiger partial charge in [0.25, 0.3) is 5.69 Å². The number of nitrogens with zero attached hydrogens (tertiary/aromatic N) is 5. The van der Waals surface area contributed by atoms with Gasteiger partial charge in [0.1, 0.15) is 5.75 Å². The van der Waals surface area contributed by atoms with Gasteiger partial charge in [0.15, 0.2) is 0 Å². The van der Waals surface area contributed by atoms with E-state index >= 15 is 0 Å². The van der Waals surface area contributed by atoms with Crippen LogP contribution in [-0.2, 0) is 0 Å². The van der Waals surface area contributed by atoms with Crippen LogP contribution in [0.4, 0.5) is 34.9 Å². The molecule has 0 saturated heterocycles. The fraction of sp³-hybridized carbons (Fsp3) is 0.0435. The summed E-state index contributed by atoms with van der Waals surface area (Å²) in [4.78, 5) is 23.5. The lowest BCUT2D eigenvalue weighted by atomic mass is 10.2. The average Bonchev–Trinajstić information content (AvgIpc) is 2.84. The number of phenols is 1. The van der Waals surface area contributed by atoms with Gasteiger partial charge >= 0.3 is 0 Å². The molecule has 0 amide bonds. The standard InChI is InChI=1S/C23H18Br2N8O3/c1-13-4-2-3-5-19(13)28-22-29-21(27-16-6-8-17(9-7-16)33(35)36)30-23(31-22)32-26-12-14-10-15(24)11-18(25)20(14)34/h2-12,34H,1H3,(H3,27,28,29,30,31,32)/b26-12+. The quantitative estimate of drug-likeness (QED) is 0.103. The molecule has 0 aliphatic carbocycles. The van der Waals surface area contributed by atoms with Gasteiger partial charge in [-0.1, -0.05) is 34.1 Å². The molecule has 0 fully saturated rings. The summed E-state index contributed by atoms with van der Waals surface area (Å²) in [5, 5.41) is 31.5. The Morgan fingerprint density at radius 1 is 0.972 bits per heavy atom. The van der Waals surface area contributed by atoms with Crippen LogP contribution in [0.5, 0.6) is 5.75 Å². The molecule has 0 unspecified atom stereocenters. The Balaban J connectivity index is 1.62. The minimum Gasteiger partial charge on any atom is -0.506 e. The Morgan fingerprint density at radius 2 is 1.64 bits per heavy atom. The highest BCUT2D eigenvalue weighted by Gasteiger charge is 2.10. The number of rotatable bonds is 8. The van der Waals surface area contributed by atoms with Gasteiger partial charge in [0.05, 0.1) is 15.6 Å². The second-order valence-electron chi connectivity index (χ2n) is 7.37. The van der Waals surface area contributed by atoms with Crippen molar-refractivity contribution in [3.63, 3.8) is 0 Å². The third-order valence-corrected chi connectivity index (χ3v) is 5.85. The minimum absolute atomic E-state index is 0.0295. The molecule has 0 aliphatic heterocycles. The number of hydrazone groups is 1. The van der Waals surface area contributed by atoms with Crippen molar-refractivity contribution in [3.8, 4) is 5.75 Å².